The number of nitrogens with zero attached hydrogens (tertiary/aromatic N) is 2. The van der Waals surface area contributed by atoms with Crippen molar-refractivity contribution in [1.29, 1.82) is 0 Å². The SMILES string of the molecule is Cc1ccc(C)c(CSc2nncc3ccccc23)c1. The number of benzene rings is 2. The van der Waals surface area contributed by atoms with Crippen molar-refractivity contribution in [2.24, 2.45) is 0 Å². The van der Waals surface area contributed by atoms with E-state index in [1.54, 1.807) is 11.8 Å². The predicted octanol–water partition coefficient (Wildman–Crippen LogP) is 4.54. The third-order valence-corrected chi connectivity index (χ3v) is 4.44. The van der Waals surface area contributed by atoms with E-state index in [1.165, 1.54) is 22.1 Å². The van der Waals surface area contributed by atoms with Crippen LogP contribution in [0.25, 0.3) is 10.8 Å². The largest absolute Gasteiger partial charge is 0.157 e. The van der Waals surface area contributed by atoms with Gasteiger partial charge in [0.05, 0.1) is 6.20 Å². The molecule has 1 heterocycles. The first-order valence-electron chi connectivity index (χ1n) is 6.63. The molecule has 2 aromatic carbocycles. The molecule has 0 aliphatic rings. The lowest BCUT2D eigenvalue weighted by atomic mass is 10.1. The molecule has 3 rings (SSSR count). The standard InChI is InChI=1S/C17H16N2S/c1-12-7-8-13(2)15(9-12)11-20-17-16-6-4-3-5-14(16)10-18-19-17/h3-10H,11H2,1-2H3. The molecular weight excluding hydrogens is 264 g/mol. The average Bonchev–Trinajstić information content (AvgIpc) is 2.48. The molecule has 20 heavy (non-hydrogen) atoms. The van der Waals surface area contributed by atoms with Crippen LogP contribution in [0.4, 0.5) is 0 Å². The van der Waals surface area contributed by atoms with E-state index in [9.17, 15) is 0 Å². The van der Waals surface area contributed by atoms with Crippen LogP contribution in [0.3, 0.4) is 0 Å². The van der Waals surface area contributed by atoms with Gasteiger partial charge in [-0.2, -0.15) is 5.10 Å². The highest BCUT2D eigenvalue weighted by Crippen LogP contribution is 2.28. The van der Waals surface area contributed by atoms with Crippen molar-refractivity contribution in [2.75, 3.05) is 0 Å². The zero-order chi connectivity index (χ0) is 13.9. The summed E-state index contributed by atoms with van der Waals surface area (Å²) >= 11 is 1.75. The zero-order valence-corrected chi connectivity index (χ0v) is 12.4. The van der Waals surface area contributed by atoms with Gasteiger partial charge in [0.2, 0.25) is 0 Å². The van der Waals surface area contributed by atoms with Gasteiger partial charge in [0, 0.05) is 16.5 Å². The predicted molar refractivity (Wildman–Crippen MR) is 85.0 cm³/mol. The van der Waals surface area contributed by atoms with Crippen LogP contribution < -0.4 is 0 Å². The van der Waals surface area contributed by atoms with Crippen molar-refractivity contribution in [3.8, 4) is 0 Å². The van der Waals surface area contributed by atoms with E-state index in [0.717, 1.165) is 16.2 Å². The van der Waals surface area contributed by atoms with E-state index in [1.807, 2.05) is 18.3 Å². The number of thioether (sulfide) groups is 1. The Bertz CT molecular complexity index is 748. The third-order valence-electron chi connectivity index (χ3n) is 3.41. The number of fused-ring (bicyclic) bond motifs is 1. The first kappa shape index (κ1) is 13.1. The van der Waals surface area contributed by atoms with Crippen LogP contribution in [-0.4, -0.2) is 10.2 Å². The van der Waals surface area contributed by atoms with Gasteiger partial charge in [-0.15, -0.1) is 5.10 Å². The summed E-state index contributed by atoms with van der Waals surface area (Å²) in [7, 11) is 0. The smallest absolute Gasteiger partial charge is 0.127 e. The molecule has 0 N–H and O–H groups in total. The third kappa shape index (κ3) is 2.68. The quantitative estimate of drug-likeness (QED) is 0.659. The number of aryl methyl sites for hydroxylation is 2. The number of hydrogen-bond acceptors (Lipinski definition) is 3. The Kier molecular flexibility index (Phi) is 3.70. The summed E-state index contributed by atoms with van der Waals surface area (Å²) in [6.45, 7) is 4.29. The minimum Gasteiger partial charge on any atom is -0.157 e. The van der Waals surface area contributed by atoms with E-state index >= 15 is 0 Å². The second-order valence-electron chi connectivity index (χ2n) is 4.96. The van der Waals surface area contributed by atoms with Crippen LogP contribution in [0.1, 0.15) is 16.7 Å². The van der Waals surface area contributed by atoms with Crippen molar-refractivity contribution < 1.29 is 0 Å². The Balaban J connectivity index is 1.89. The molecular formula is C17H16N2S. The van der Waals surface area contributed by atoms with Crippen molar-refractivity contribution in [3.63, 3.8) is 0 Å². The Morgan fingerprint density at radius 3 is 2.80 bits per heavy atom. The molecule has 0 unspecified atom stereocenters. The van der Waals surface area contributed by atoms with Crippen LogP contribution in [0.5, 0.6) is 0 Å². The summed E-state index contributed by atoms with van der Waals surface area (Å²) in [6.07, 6.45) is 1.82. The number of rotatable bonds is 3. The van der Waals surface area contributed by atoms with Gasteiger partial charge in [0.15, 0.2) is 0 Å². The highest BCUT2D eigenvalue weighted by atomic mass is 32.2. The lowest BCUT2D eigenvalue weighted by molar-refractivity contribution is 0.955. The molecule has 0 radical (unpaired) electrons. The molecule has 0 saturated heterocycles. The zero-order valence-electron chi connectivity index (χ0n) is 11.6. The van der Waals surface area contributed by atoms with Gasteiger partial charge in [0.1, 0.15) is 5.03 Å². The second kappa shape index (κ2) is 5.63. The molecule has 0 aliphatic carbocycles. The van der Waals surface area contributed by atoms with Crippen molar-refractivity contribution in [1.82, 2.24) is 10.2 Å². The highest BCUT2D eigenvalue weighted by molar-refractivity contribution is 7.98. The molecule has 0 bridgehead atoms. The van der Waals surface area contributed by atoms with E-state index in [-0.39, 0.29) is 0 Å². The monoisotopic (exact) mass is 280 g/mol. The summed E-state index contributed by atoms with van der Waals surface area (Å²) in [6, 6.07) is 14.8. The average molecular weight is 280 g/mol. The summed E-state index contributed by atoms with van der Waals surface area (Å²) in [5.74, 6) is 0.927. The maximum absolute atomic E-state index is 4.29. The van der Waals surface area contributed by atoms with Crippen molar-refractivity contribution in [2.45, 2.75) is 24.6 Å². The molecule has 100 valence electrons. The molecule has 0 fully saturated rings. The van der Waals surface area contributed by atoms with Gasteiger partial charge in [0.25, 0.3) is 0 Å². The summed E-state index contributed by atoms with van der Waals surface area (Å²) in [4.78, 5) is 0. The normalized spacial score (nSPS) is 10.9. The first-order chi connectivity index (χ1) is 9.74. The Labute approximate surface area is 123 Å². The summed E-state index contributed by atoms with van der Waals surface area (Å²) in [5, 5.41) is 11.7. The Morgan fingerprint density at radius 1 is 1.05 bits per heavy atom. The van der Waals surface area contributed by atoms with Crippen LogP contribution in [0.2, 0.25) is 0 Å². The molecule has 2 nitrogen and oxygen atoms in total. The molecule has 0 atom stereocenters. The molecule has 3 aromatic rings. The molecule has 0 saturated carbocycles. The molecule has 0 amide bonds. The van der Waals surface area contributed by atoms with Gasteiger partial charge < -0.3 is 0 Å². The molecule has 3 heteroatoms. The van der Waals surface area contributed by atoms with E-state index in [4.69, 9.17) is 0 Å². The molecule has 0 aliphatic heterocycles. The summed E-state index contributed by atoms with van der Waals surface area (Å²) < 4.78 is 0. The van der Waals surface area contributed by atoms with Crippen LogP contribution in [0.15, 0.2) is 53.7 Å². The fourth-order valence-electron chi connectivity index (χ4n) is 2.21. The Hall–Kier alpha value is -1.87. The highest BCUT2D eigenvalue weighted by Gasteiger charge is 2.06. The maximum atomic E-state index is 4.29. The van der Waals surface area contributed by atoms with E-state index in [0.29, 0.717) is 0 Å². The maximum Gasteiger partial charge on any atom is 0.127 e. The van der Waals surface area contributed by atoms with Crippen molar-refractivity contribution in [3.05, 3.63) is 65.4 Å². The number of aromatic nitrogens is 2. The van der Waals surface area contributed by atoms with Crippen LogP contribution in [0, 0.1) is 13.8 Å². The van der Waals surface area contributed by atoms with Crippen molar-refractivity contribution >= 4 is 22.5 Å². The van der Waals surface area contributed by atoms with Gasteiger partial charge in [-0.3, -0.25) is 0 Å². The van der Waals surface area contributed by atoms with Gasteiger partial charge in [-0.05, 0) is 25.0 Å². The lowest BCUT2D eigenvalue weighted by Gasteiger charge is -2.07. The molecule has 0 spiro atoms. The van der Waals surface area contributed by atoms with Gasteiger partial charge in [-0.25, -0.2) is 0 Å². The van der Waals surface area contributed by atoms with E-state index in [2.05, 4.69) is 54.4 Å². The number of hydrogen-bond donors (Lipinski definition) is 0. The first-order valence-corrected chi connectivity index (χ1v) is 7.62. The van der Waals surface area contributed by atoms with E-state index < -0.39 is 0 Å². The van der Waals surface area contributed by atoms with Crippen LogP contribution in [-0.2, 0) is 5.75 Å². The fourth-order valence-corrected chi connectivity index (χ4v) is 3.26. The minimum atomic E-state index is 0.927. The summed E-state index contributed by atoms with van der Waals surface area (Å²) in [5.41, 5.74) is 4.00. The second-order valence-corrected chi connectivity index (χ2v) is 5.92. The molecule has 1 aromatic heterocycles. The fraction of sp³-hybridized carbons (Fsp3) is 0.176. The Morgan fingerprint density at radius 2 is 1.90 bits per heavy atom. The topological polar surface area (TPSA) is 25.8 Å². The minimum absolute atomic E-state index is 0.927. The van der Waals surface area contributed by atoms with Crippen LogP contribution >= 0.6 is 11.8 Å². The van der Waals surface area contributed by atoms with Gasteiger partial charge >= 0.3 is 0 Å². The lowest BCUT2D eigenvalue weighted by Crippen LogP contribution is -1.91. The van der Waals surface area contributed by atoms with Gasteiger partial charge in [-0.1, -0.05) is 59.8 Å².